The minimum atomic E-state index is -4.53. The summed E-state index contributed by atoms with van der Waals surface area (Å²) in [5, 5.41) is 17.7. The number of halogens is 3. The van der Waals surface area contributed by atoms with Crippen LogP contribution in [0.5, 0.6) is 0 Å². The number of hydrogen-bond acceptors (Lipinski definition) is 7. The second-order valence-corrected chi connectivity index (χ2v) is 8.17. The normalized spacial score (nSPS) is 12.4. The van der Waals surface area contributed by atoms with Crippen molar-refractivity contribution in [3.63, 3.8) is 0 Å². The Bertz CT molecular complexity index is 1300. The predicted octanol–water partition coefficient (Wildman–Crippen LogP) is 4.23. The molecule has 2 N–H and O–H groups in total. The number of nitrogens with zero attached hydrogens (tertiary/aromatic N) is 6. The monoisotopic (exact) mass is 483 g/mol. The van der Waals surface area contributed by atoms with Crippen LogP contribution in [-0.2, 0) is 12.7 Å². The van der Waals surface area contributed by atoms with E-state index >= 15 is 0 Å². The van der Waals surface area contributed by atoms with Crippen LogP contribution in [-0.4, -0.2) is 50.2 Å². The molecule has 8 nitrogen and oxygen atoms in total. The molecule has 0 aliphatic carbocycles. The van der Waals surface area contributed by atoms with Gasteiger partial charge in [0, 0.05) is 50.0 Å². The molecule has 0 aromatic carbocycles. The predicted molar refractivity (Wildman–Crippen MR) is 127 cm³/mol. The van der Waals surface area contributed by atoms with Gasteiger partial charge in [0.05, 0.1) is 12.2 Å². The van der Waals surface area contributed by atoms with E-state index in [1.807, 2.05) is 37.2 Å². The average Bonchev–Trinajstić information content (AvgIpc) is 3.18. The van der Waals surface area contributed by atoms with Gasteiger partial charge >= 0.3 is 6.18 Å². The molecule has 0 saturated carbocycles. The van der Waals surface area contributed by atoms with E-state index in [2.05, 4.69) is 25.4 Å². The number of aliphatic hydroxyl groups excluding tert-OH is 1. The Morgan fingerprint density at radius 3 is 2.43 bits per heavy atom. The van der Waals surface area contributed by atoms with Crippen LogP contribution < -0.4 is 10.2 Å². The molecule has 4 aromatic rings. The summed E-state index contributed by atoms with van der Waals surface area (Å²) in [4.78, 5) is 14.0. The highest BCUT2D eigenvalue weighted by Crippen LogP contribution is 2.31. The van der Waals surface area contributed by atoms with E-state index in [9.17, 15) is 18.3 Å². The molecule has 0 radical (unpaired) electrons. The van der Waals surface area contributed by atoms with Gasteiger partial charge in [0.1, 0.15) is 23.6 Å². The van der Waals surface area contributed by atoms with Crippen LogP contribution in [0.15, 0.2) is 61.2 Å². The minimum Gasteiger partial charge on any atom is -0.372 e. The molecule has 4 rings (SSSR count). The van der Waals surface area contributed by atoms with Crippen molar-refractivity contribution in [3.8, 4) is 22.3 Å². The van der Waals surface area contributed by atoms with Crippen LogP contribution in [0, 0.1) is 6.92 Å². The first-order chi connectivity index (χ1) is 16.6. The van der Waals surface area contributed by atoms with Crippen LogP contribution in [0.25, 0.3) is 22.3 Å². The quantitative estimate of drug-likeness (QED) is 0.380. The van der Waals surface area contributed by atoms with Crippen molar-refractivity contribution in [3.05, 3.63) is 72.6 Å². The number of aromatic nitrogens is 5. The van der Waals surface area contributed by atoms with Crippen LogP contribution in [0.2, 0.25) is 0 Å². The summed E-state index contributed by atoms with van der Waals surface area (Å²) < 4.78 is 40.5. The highest BCUT2D eigenvalue weighted by Gasteiger charge is 2.32. The van der Waals surface area contributed by atoms with Gasteiger partial charge in [-0.2, -0.15) is 18.3 Å². The molecule has 0 saturated heterocycles. The molecular formula is C24H24F3N7O. The molecule has 11 heteroatoms. The highest BCUT2D eigenvalue weighted by atomic mass is 19.4. The molecule has 35 heavy (non-hydrogen) atoms. The SMILES string of the molecule is Cc1nn(CC(O)Nc2ccc(-c3ccnc(N(C)C)c3)cn2)cc1-c1ccnc(C(F)(F)F)c1. The summed E-state index contributed by atoms with van der Waals surface area (Å²) in [6, 6.07) is 9.96. The first-order valence-corrected chi connectivity index (χ1v) is 10.7. The maximum atomic E-state index is 13.0. The van der Waals surface area contributed by atoms with Crippen molar-refractivity contribution in [2.75, 3.05) is 24.3 Å². The van der Waals surface area contributed by atoms with Gasteiger partial charge in [-0.15, -0.1) is 0 Å². The van der Waals surface area contributed by atoms with Gasteiger partial charge in [0.15, 0.2) is 0 Å². The van der Waals surface area contributed by atoms with E-state index < -0.39 is 18.1 Å². The van der Waals surface area contributed by atoms with Crippen molar-refractivity contribution >= 4 is 11.6 Å². The maximum absolute atomic E-state index is 13.0. The van der Waals surface area contributed by atoms with E-state index in [-0.39, 0.29) is 6.54 Å². The van der Waals surface area contributed by atoms with Crippen LogP contribution in [0.1, 0.15) is 11.4 Å². The van der Waals surface area contributed by atoms with Crippen molar-refractivity contribution in [2.45, 2.75) is 25.9 Å². The molecule has 4 aromatic heterocycles. The summed E-state index contributed by atoms with van der Waals surface area (Å²) in [6.07, 6.45) is 0.587. The number of aliphatic hydroxyl groups is 1. The zero-order chi connectivity index (χ0) is 25.2. The molecule has 0 aliphatic heterocycles. The van der Waals surface area contributed by atoms with Crippen molar-refractivity contribution in [1.82, 2.24) is 24.7 Å². The van der Waals surface area contributed by atoms with Gasteiger partial charge in [0.2, 0.25) is 0 Å². The van der Waals surface area contributed by atoms with E-state index in [0.717, 1.165) is 29.2 Å². The number of pyridine rings is 3. The Hall–Kier alpha value is -3.99. The van der Waals surface area contributed by atoms with Gasteiger partial charge in [-0.05, 0) is 54.4 Å². The lowest BCUT2D eigenvalue weighted by Gasteiger charge is -2.14. The molecular weight excluding hydrogens is 459 g/mol. The zero-order valence-corrected chi connectivity index (χ0v) is 19.3. The van der Waals surface area contributed by atoms with Gasteiger partial charge < -0.3 is 15.3 Å². The molecule has 0 bridgehead atoms. The number of aryl methyl sites for hydroxylation is 1. The summed E-state index contributed by atoms with van der Waals surface area (Å²) in [5.41, 5.74) is 2.31. The van der Waals surface area contributed by atoms with E-state index in [4.69, 9.17) is 0 Å². The summed E-state index contributed by atoms with van der Waals surface area (Å²) >= 11 is 0. The van der Waals surface area contributed by atoms with E-state index in [1.165, 1.54) is 10.7 Å². The first-order valence-electron chi connectivity index (χ1n) is 10.7. The second kappa shape index (κ2) is 9.71. The van der Waals surface area contributed by atoms with Gasteiger partial charge in [-0.1, -0.05) is 0 Å². The molecule has 4 heterocycles. The van der Waals surface area contributed by atoms with Crippen LogP contribution in [0.3, 0.4) is 0 Å². The lowest BCUT2D eigenvalue weighted by molar-refractivity contribution is -0.141. The molecule has 0 fully saturated rings. The highest BCUT2D eigenvalue weighted by molar-refractivity contribution is 5.67. The number of anilines is 2. The van der Waals surface area contributed by atoms with Crippen molar-refractivity contribution < 1.29 is 18.3 Å². The fourth-order valence-electron chi connectivity index (χ4n) is 3.53. The topological polar surface area (TPSA) is 92.0 Å². The fourth-order valence-corrected chi connectivity index (χ4v) is 3.53. The summed E-state index contributed by atoms with van der Waals surface area (Å²) in [7, 11) is 3.83. The fraction of sp³-hybridized carbons (Fsp3) is 0.250. The molecule has 1 atom stereocenters. The van der Waals surface area contributed by atoms with E-state index in [1.54, 1.807) is 31.6 Å². The molecule has 1 unspecified atom stereocenters. The maximum Gasteiger partial charge on any atom is 0.433 e. The smallest absolute Gasteiger partial charge is 0.372 e. The third-order valence-corrected chi connectivity index (χ3v) is 5.28. The van der Waals surface area contributed by atoms with Gasteiger partial charge in [-0.25, -0.2) is 9.97 Å². The Morgan fingerprint density at radius 2 is 1.74 bits per heavy atom. The van der Waals surface area contributed by atoms with Crippen molar-refractivity contribution in [1.29, 1.82) is 0 Å². The number of rotatable bonds is 7. The zero-order valence-electron chi connectivity index (χ0n) is 19.3. The molecule has 0 aliphatic rings. The number of hydrogen-bond donors (Lipinski definition) is 2. The average molecular weight is 483 g/mol. The first kappa shape index (κ1) is 24.1. The van der Waals surface area contributed by atoms with Crippen LogP contribution >= 0.6 is 0 Å². The second-order valence-electron chi connectivity index (χ2n) is 8.17. The third kappa shape index (κ3) is 5.75. The Kier molecular flexibility index (Phi) is 6.70. The molecule has 0 spiro atoms. The van der Waals surface area contributed by atoms with E-state index in [0.29, 0.717) is 22.6 Å². The summed E-state index contributed by atoms with van der Waals surface area (Å²) in [6.45, 7) is 1.76. The van der Waals surface area contributed by atoms with Crippen LogP contribution in [0.4, 0.5) is 24.8 Å². The number of nitrogens with one attached hydrogen (secondary N) is 1. The minimum absolute atomic E-state index is 0.0675. The molecule has 182 valence electrons. The Labute approximate surface area is 200 Å². The largest absolute Gasteiger partial charge is 0.433 e. The summed E-state index contributed by atoms with van der Waals surface area (Å²) in [5.74, 6) is 1.30. The Morgan fingerprint density at radius 1 is 1.00 bits per heavy atom. The van der Waals surface area contributed by atoms with Crippen molar-refractivity contribution in [2.24, 2.45) is 0 Å². The lowest BCUT2D eigenvalue weighted by atomic mass is 10.1. The standard InChI is InChI=1S/C24H24F3N7O/c1-15-19(17-7-8-28-20(10-17)24(25,26)27)13-34(32-15)14-23(35)31-21-5-4-18(12-30-21)16-6-9-29-22(11-16)33(2)3/h4-13,23,35H,14H2,1-3H3,(H,30,31). The van der Waals surface area contributed by atoms with Gasteiger partial charge in [0.25, 0.3) is 0 Å². The third-order valence-electron chi connectivity index (χ3n) is 5.28. The molecule has 0 amide bonds. The lowest BCUT2D eigenvalue weighted by Crippen LogP contribution is -2.25. The van der Waals surface area contributed by atoms with Gasteiger partial charge in [-0.3, -0.25) is 9.67 Å². The number of alkyl halides is 3. The Balaban J connectivity index is 1.43.